The number of rotatable bonds is 5. The molecule has 0 saturated carbocycles. The number of hydrogen-bond donors (Lipinski definition) is 4. The van der Waals surface area contributed by atoms with Crippen molar-refractivity contribution in [3.8, 4) is 0 Å². The molecule has 0 aliphatic carbocycles. The second-order valence-electron chi connectivity index (χ2n) is 5.00. The first-order chi connectivity index (χ1) is 9.97. The lowest BCUT2D eigenvalue weighted by molar-refractivity contribution is 0.575. The molecule has 116 valence electrons. The van der Waals surface area contributed by atoms with Gasteiger partial charge in [-0.05, 0) is 54.5 Å². The van der Waals surface area contributed by atoms with Crippen LogP contribution in [0.15, 0.2) is 24.3 Å². The number of nitrogens with one attached hydrogen (secondary N) is 4. The van der Waals surface area contributed by atoms with Crippen LogP contribution in [0.25, 0.3) is 0 Å². The third-order valence-corrected chi connectivity index (χ3v) is 3.16. The molecule has 4 N–H and O–H groups in total. The molecule has 0 unspecified atom stereocenters. The van der Waals surface area contributed by atoms with E-state index in [0.29, 0.717) is 22.7 Å². The fourth-order valence-corrected chi connectivity index (χ4v) is 1.74. The van der Waals surface area contributed by atoms with Crippen molar-refractivity contribution >= 4 is 34.7 Å². The molecule has 0 saturated heterocycles. The normalized spacial score (nSPS) is 10.1. The largest absolute Gasteiger partial charge is 0.361 e. The smallest absolute Gasteiger partial charge is 0.185 e. The highest BCUT2D eigenvalue weighted by Gasteiger charge is 1.99. The van der Waals surface area contributed by atoms with E-state index in [2.05, 4.69) is 35.3 Å². The van der Waals surface area contributed by atoms with Gasteiger partial charge in [0.1, 0.15) is 5.82 Å². The highest BCUT2D eigenvalue weighted by atomic mass is 32.1. The second kappa shape index (κ2) is 9.46. The summed E-state index contributed by atoms with van der Waals surface area (Å²) < 4.78 is 12.8. The summed E-state index contributed by atoms with van der Waals surface area (Å²) in [5.74, 6) is 0.380. The summed E-state index contributed by atoms with van der Waals surface area (Å²) in [6.07, 6.45) is 1.05. The first kappa shape index (κ1) is 17.6. The zero-order valence-electron chi connectivity index (χ0n) is 12.2. The van der Waals surface area contributed by atoms with Crippen molar-refractivity contribution < 1.29 is 4.39 Å². The van der Waals surface area contributed by atoms with E-state index in [1.54, 1.807) is 12.1 Å². The van der Waals surface area contributed by atoms with Crippen LogP contribution < -0.4 is 21.5 Å². The van der Waals surface area contributed by atoms with Crippen molar-refractivity contribution in [2.75, 3.05) is 6.54 Å². The molecule has 1 aromatic rings. The zero-order valence-corrected chi connectivity index (χ0v) is 13.8. The van der Waals surface area contributed by atoms with E-state index >= 15 is 0 Å². The van der Waals surface area contributed by atoms with E-state index in [1.165, 1.54) is 12.1 Å². The molecule has 0 aliphatic rings. The summed E-state index contributed by atoms with van der Waals surface area (Å²) in [7, 11) is 0. The Morgan fingerprint density at radius 3 is 2.19 bits per heavy atom. The number of benzene rings is 1. The Kier molecular flexibility index (Phi) is 7.92. The highest BCUT2D eigenvalue weighted by Crippen LogP contribution is 2.01. The van der Waals surface area contributed by atoms with Crippen molar-refractivity contribution in [1.82, 2.24) is 21.5 Å². The molecule has 0 amide bonds. The van der Waals surface area contributed by atoms with Crippen LogP contribution in [0.4, 0.5) is 4.39 Å². The molecule has 1 rings (SSSR count). The number of hydrazine groups is 1. The quantitative estimate of drug-likeness (QED) is 0.491. The summed E-state index contributed by atoms with van der Waals surface area (Å²) in [6, 6.07) is 6.24. The lowest BCUT2D eigenvalue weighted by atomic mass is 10.1. The zero-order chi connectivity index (χ0) is 15.7. The van der Waals surface area contributed by atoms with Gasteiger partial charge in [-0.15, -0.1) is 0 Å². The molecule has 0 fully saturated rings. The van der Waals surface area contributed by atoms with E-state index in [1.807, 2.05) is 0 Å². The molecule has 0 radical (unpaired) electrons. The van der Waals surface area contributed by atoms with E-state index in [0.717, 1.165) is 18.5 Å². The second-order valence-corrected chi connectivity index (χ2v) is 5.81. The highest BCUT2D eigenvalue weighted by molar-refractivity contribution is 7.80. The molecule has 4 nitrogen and oxygen atoms in total. The van der Waals surface area contributed by atoms with Crippen LogP contribution in [0, 0.1) is 11.7 Å². The minimum Gasteiger partial charge on any atom is -0.361 e. The Bertz CT molecular complexity index is 463. The lowest BCUT2D eigenvalue weighted by Gasteiger charge is -2.14. The predicted octanol–water partition coefficient (Wildman–Crippen LogP) is 2.21. The first-order valence-corrected chi connectivity index (χ1v) is 7.61. The van der Waals surface area contributed by atoms with Gasteiger partial charge in [0, 0.05) is 13.1 Å². The molecule has 0 heterocycles. The molecule has 0 bridgehead atoms. The van der Waals surface area contributed by atoms with Crippen molar-refractivity contribution in [3.63, 3.8) is 0 Å². The third kappa shape index (κ3) is 8.41. The molecule has 0 aromatic heterocycles. The lowest BCUT2D eigenvalue weighted by Crippen LogP contribution is -2.50. The molecule has 7 heteroatoms. The van der Waals surface area contributed by atoms with Gasteiger partial charge in [0.15, 0.2) is 10.2 Å². The van der Waals surface area contributed by atoms with Gasteiger partial charge < -0.3 is 10.6 Å². The molecule has 0 atom stereocenters. The van der Waals surface area contributed by atoms with Gasteiger partial charge in [0.2, 0.25) is 0 Å². The van der Waals surface area contributed by atoms with Crippen LogP contribution in [0.5, 0.6) is 0 Å². The number of halogens is 1. The van der Waals surface area contributed by atoms with Gasteiger partial charge in [-0.2, -0.15) is 0 Å². The SMILES string of the molecule is CC(C)CCNC(=S)NNC(=S)NCc1ccc(F)cc1. The minimum absolute atomic E-state index is 0.251. The monoisotopic (exact) mass is 328 g/mol. The molecular weight excluding hydrogens is 307 g/mol. The average molecular weight is 328 g/mol. The molecule has 0 aliphatic heterocycles. The van der Waals surface area contributed by atoms with E-state index in [-0.39, 0.29) is 5.82 Å². The Labute approximate surface area is 135 Å². The summed E-state index contributed by atoms with van der Waals surface area (Å²) in [5.41, 5.74) is 6.55. The van der Waals surface area contributed by atoms with Gasteiger partial charge in [0.25, 0.3) is 0 Å². The van der Waals surface area contributed by atoms with Gasteiger partial charge in [-0.1, -0.05) is 26.0 Å². The van der Waals surface area contributed by atoms with Crippen molar-refractivity contribution in [2.24, 2.45) is 5.92 Å². The Morgan fingerprint density at radius 2 is 1.62 bits per heavy atom. The molecule has 21 heavy (non-hydrogen) atoms. The first-order valence-electron chi connectivity index (χ1n) is 6.79. The Balaban J connectivity index is 2.16. The number of hydrogen-bond acceptors (Lipinski definition) is 2. The van der Waals surface area contributed by atoms with Crippen LogP contribution in [0.2, 0.25) is 0 Å². The van der Waals surface area contributed by atoms with Gasteiger partial charge >= 0.3 is 0 Å². The maximum atomic E-state index is 12.8. The Morgan fingerprint density at radius 1 is 1.05 bits per heavy atom. The van der Waals surface area contributed by atoms with Gasteiger partial charge in [0.05, 0.1) is 0 Å². The maximum absolute atomic E-state index is 12.8. The predicted molar refractivity (Wildman–Crippen MR) is 92.2 cm³/mol. The number of thiocarbonyl (C=S) groups is 2. The standard InChI is InChI=1S/C14H21FN4S2/c1-10(2)7-8-16-13(20)18-19-14(21)17-9-11-3-5-12(15)6-4-11/h3-6,10H,7-9H2,1-2H3,(H2,16,18,20)(H2,17,19,21). The Hall–Kier alpha value is -1.47. The van der Waals surface area contributed by atoms with Crippen LogP contribution in [0.3, 0.4) is 0 Å². The minimum atomic E-state index is -0.251. The van der Waals surface area contributed by atoms with E-state index < -0.39 is 0 Å². The molecule has 0 spiro atoms. The van der Waals surface area contributed by atoms with Gasteiger partial charge in [-0.3, -0.25) is 10.9 Å². The fraction of sp³-hybridized carbons (Fsp3) is 0.429. The third-order valence-electron chi connectivity index (χ3n) is 2.66. The van der Waals surface area contributed by atoms with Crippen molar-refractivity contribution in [1.29, 1.82) is 0 Å². The molecular formula is C14H21FN4S2. The van der Waals surface area contributed by atoms with Crippen molar-refractivity contribution in [2.45, 2.75) is 26.8 Å². The topological polar surface area (TPSA) is 48.1 Å². The van der Waals surface area contributed by atoms with Gasteiger partial charge in [-0.25, -0.2) is 4.39 Å². The van der Waals surface area contributed by atoms with E-state index in [9.17, 15) is 4.39 Å². The van der Waals surface area contributed by atoms with E-state index in [4.69, 9.17) is 24.4 Å². The summed E-state index contributed by atoms with van der Waals surface area (Å²) in [6.45, 7) is 5.65. The van der Waals surface area contributed by atoms with Crippen LogP contribution in [0.1, 0.15) is 25.8 Å². The fourth-order valence-electron chi connectivity index (χ4n) is 1.46. The van der Waals surface area contributed by atoms with Crippen LogP contribution in [-0.4, -0.2) is 16.8 Å². The summed E-state index contributed by atoms with van der Waals surface area (Å²) in [4.78, 5) is 0. The van der Waals surface area contributed by atoms with Crippen molar-refractivity contribution in [3.05, 3.63) is 35.6 Å². The molecule has 1 aromatic carbocycles. The summed E-state index contributed by atoms with van der Waals surface area (Å²) >= 11 is 10.2. The average Bonchev–Trinajstić information content (AvgIpc) is 2.44. The maximum Gasteiger partial charge on any atom is 0.185 e. The van der Waals surface area contributed by atoms with Crippen LogP contribution >= 0.6 is 24.4 Å². The van der Waals surface area contributed by atoms with Crippen LogP contribution in [-0.2, 0) is 6.54 Å². The summed E-state index contributed by atoms with van der Waals surface area (Å²) in [5, 5.41) is 7.00.